The summed E-state index contributed by atoms with van der Waals surface area (Å²) in [4.78, 5) is 8.88. The molecule has 2 rings (SSSR count). The second kappa shape index (κ2) is 4.38. The van der Waals surface area contributed by atoms with Gasteiger partial charge < -0.3 is 5.43 Å². The first kappa shape index (κ1) is 12.5. The number of rotatable bonds is 2. The molecular weight excluding hydrogens is 228 g/mol. The van der Waals surface area contributed by atoms with Crippen molar-refractivity contribution in [3.63, 3.8) is 0 Å². The maximum absolute atomic E-state index is 5.45. The first-order chi connectivity index (χ1) is 8.40. The molecule has 0 atom stereocenters. The van der Waals surface area contributed by atoms with Gasteiger partial charge in [-0.3, -0.25) is 4.68 Å². The fraction of sp³-hybridized carbons (Fsp3) is 0.417. The van der Waals surface area contributed by atoms with Gasteiger partial charge in [0.2, 0.25) is 0 Å². The monoisotopic (exact) mass is 246 g/mol. The fourth-order valence-electron chi connectivity index (χ4n) is 1.55. The number of hydrogen-bond acceptors (Lipinski definition) is 5. The van der Waals surface area contributed by atoms with Crippen molar-refractivity contribution in [1.29, 1.82) is 0 Å². The van der Waals surface area contributed by atoms with Crippen LogP contribution in [0.25, 0.3) is 11.5 Å². The van der Waals surface area contributed by atoms with E-state index in [9.17, 15) is 0 Å². The second-order valence-corrected chi connectivity index (χ2v) is 5.23. The molecule has 0 amide bonds. The van der Waals surface area contributed by atoms with Crippen LogP contribution in [0.2, 0.25) is 0 Å². The van der Waals surface area contributed by atoms with E-state index < -0.39 is 0 Å². The second-order valence-electron chi connectivity index (χ2n) is 5.23. The normalized spacial score (nSPS) is 11.6. The molecule has 0 unspecified atom stereocenters. The lowest BCUT2D eigenvalue weighted by Gasteiger charge is -2.18. The van der Waals surface area contributed by atoms with Gasteiger partial charge in [0.1, 0.15) is 11.5 Å². The smallest absolute Gasteiger partial charge is 0.182 e. The maximum atomic E-state index is 5.45. The molecule has 0 radical (unpaired) electrons. The maximum Gasteiger partial charge on any atom is 0.182 e. The summed E-state index contributed by atoms with van der Waals surface area (Å²) >= 11 is 0. The summed E-state index contributed by atoms with van der Waals surface area (Å²) in [5.41, 5.74) is 4.16. The van der Waals surface area contributed by atoms with Crippen molar-refractivity contribution in [2.75, 3.05) is 5.43 Å². The van der Waals surface area contributed by atoms with Gasteiger partial charge in [0.25, 0.3) is 0 Å². The molecule has 0 saturated heterocycles. The number of nitrogens with one attached hydrogen (secondary N) is 1. The molecule has 2 aromatic rings. The van der Waals surface area contributed by atoms with Gasteiger partial charge >= 0.3 is 0 Å². The quantitative estimate of drug-likeness (QED) is 0.619. The van der Waals surface area contributed by atoms with E-state index >= 15 is 0 Å². The molecule has 0 bridgehead atoms. The van der Waals surface area contributed by atoms with E-state index in [1.165, 1.54) is 0 Å². The minimum absolute atomic E-state index is 0.0714. The Labute approximate surface area is 106 Å². The zero-order valence-corrected chi connectivity index (χ0v) is 11.1. The SMILES string of the molecule is Cn1ccc(-c2nc(NN)cc(C(C)(C)C)n2)n1. The lowest BCUT2D eigenvalue weighted by Crippen LogP contribution is -2.17. The van der Waals surface area contributed by atoms with Crippen LogP contribution in [-0.2, 0) is 12.5 Å². The highest BCUT2D eigenvalue weighted by Crippen LogP contribution is 2.24. The van der Waals surface area contributed by atoms with E-state index in [0.29, 0.717) is 11.6 Å². The minimum atomic E-state index is -0.0714. The standard InChI is InChI=1S/C12H18N6/c1-12(2,3)9-7-10(16-13)15-11(14-9)8-5-6-18(4)17-8/h5-7H,13H2,1-4H3,(H,14,15,16). The fourth-order valence-corrected chi connectivity index (χ4v) is 1.55. The van der Waals surface area contributed by atoms with Crippen LogP contribution in [0.5, 0.6) is 0 Å². The summed E-state index contributed by atoms with van der Waals surface area (Å²) in [5.74, 6) is 6.62. The lowest BCUT2D eigenvalue weighted by molar-refractivity contribution is 0.568. The van der Waals surface area contributed by atoms with Crippen molar-refractivity contribution in [1.82, 2.24) is 19.7 Å². The van der Waals surface area contributed by atoms with Gasteiger partial charge in [-0.1, -0.05) is 20.8 Å². The molecule has 96 valence electrons. The number of nitrogens with zero attached hydrogens (tertiary/aromatic N) is 4. The van der Waals surface area contributed by atoms with E-state index in [1.807, 2.05) is 25.4 Å². The van der Waals surface area contributed by atoms with Crippen LogP contribution in [0.3, 0.4) is 0 Å². The van der Waals surface area contributed by atoms with E-state index in [0.717, 1.165) is 11.4 Å². The number of anilines is 1. The molecule has 2 aromatic heterocycles. The third-order valence-electron chi connectivity index (χ3n) is 2.59. The van der Waals surface area contributed by atoms with E-state index in [4.69, 9.17) is 5.84 Å². The Bertz CT molecular complexity index is 552. The van der Waals surface area contributed by atoms with Gasteiger partial charge in [0, 0.05) is 24.7 Å². The highest BCUT2D eigenvalue weighted by Gasteiger charge is 2.19. The zero-order chi connectivity index (χ0) is 13.3. The molecule has 2 heterocycles. The predicted octanol–water partition coefficient (Wildman–Crippen LogP) is 1.46. The molecule has 0 aromatic carbocycles. The van der Waals surface area contributed by atoms with E-state index in [2.05, 4.69) is 41.3 Å². The first-order valence-corrected chi connectivity index (χ1v) is 5.76. The molecule has 6 nitrogen and oxygen atoms in total. The Kier molecular flexibility index (Phi) is 3.04. The van der Waals surface area contributed by atoms with Crippen LogP contribution in [0.1, 0.15) is 26.5 Å². The Morgan fingerprint density at radius 2 is 2.00 bits per heavy atom. The summed E-state index contributed by atoms with van der Waals surface area (Å²) in [6, 6.07) is 3.73. The van der Waals surface area contributed by atoms with Crippen molar-refractivity contribution in [2.24, 2.45) is 12.9 Å². The highest BCUT2D eigenvalue weighted by molar-refractivity contribution is 5.52. The summed E-state index contributed by atoms with van der Waals surface area (Å²) < 4.78 is 1.72. The van der Waals surface area contributed by atoms with Gasteiger partial charge in [-0.15, -0.1) is 0 Å². The van der Waals surface area contributed by atoms with Crippen LogP contribution in [-0.4, -0.2) is 19.7 Å². The zero-order valence-electron chi connectivity index (χ0n) is 11.1. The summed E-state index contributed by atoms with van der Waals surface area (Å²) in [6.45, 7) is 6.29. The molecule has 3 N–H and O–H groups in total. The van der Waals surface area contributed by atoms with Crippen LogP contribution in [0.15, 0.2) is 18.3 Å². The van der Waals surface area contributed by atoms with Gasteiger partial charge in [-0.2, -0.15) is 5.10 Å². The van der Waals surface area contributed by atoms with Crippen LogP contribution < -0.4 is 11.3 Å². The van der Waals surface area contributed by atoms with Gasteiger partial charge in [-0.25, -0.2) is 15.8 Å². The number of aromatic nitrogens is 4. The van der Waals surface area contributed by atoms with Crippen molar-refractivity contribution in [3.05, 3.63) is 24.0 Å². The summed E-state index contributed by atoms with van der Waals surface area (Å²) in [5, 5.41) is 4.30. The number of nitrogens with two attached hydrogens (primary N) is 1. The lowest BCUT2D eigenvalue weighted by atomic mass is 9.92. The molecule has 0 saturated carbocycles. The van der Waals surface area contributed by atoms with E-state index in [-0.39, 0.29) is 5.41 Å². The van der Waals surface area contributed by atoms with Crippen molar-refractivity contribution >= 4 is 5.82 Å². The average molecular weight is 246 g/mol. The number of hydrogen-bond donors (Lipinski definition) is 2. The van der Waals surface area contributed by atoms with Gasteiger partial charge in [-0.05, 0) is 6.07 Å². The predicted molar refractivity (Wildman–Crippen MR) is 70.7 cm³/mol. The molecule has 0 aliphatic carbocycles. The first-order valence-electron chi connectivity index (χ1n) is 5.76. The number of nitrogen functional groups attached to an aromatic ring is 1. The molecule has 0 spiro atoms. The summed E-state index contributed by atoms with van der Waals surface area (Å²) in [7, 11) is 1.86. The number of hydrazine groups is 1. The Balaban J connectivity index is 2.54. The number of aryl methyl sites for hydroxylation is 1. The summed E-state index contributed by atoms with van der Waals surface area (Å²) in [6.07, 6.45) is 1.86. The van der Waals surface area contributed by atoms with Crippen molar-refractivity contribution in [2.45, 2.75) is 26.2 Å². The highest BCUT2D eigenvalue weighted by atomic mass is 15.3. The van der Waals surface area contributed by atoms with Crippen LogP contribution in [0, 0.1) is 0 Å². The Hall–Kier alpha value is -1.95. The third kappa shape index (κ3) is 2.48. The largest absolute Gasteiger partial charge is 0.308 e. The molecule has 0 aliphatic heterocycles. The third-order valence-corrected chi connectivity index (χ3v) is 2.59. The molecule has 0 fully saturated rings. The topological polar surface area (TPSA) is 81.7 Å². The Morgan fingerprint density at radius 3 is 2.50 bits per heavy atom. The average Bonchev–Trinajstić information content (AvgIpc) is 2.74. The van der Waals surface area contributed by atoms with Gasteiger partial charge in [0.05, 0.1) is 5.69 Å². The molecular formula is C12H18N6. The van der Waals surface area contributed by atoms with E-state index in [1.54, 1.807) is 4.68 Å². The van der Waals surface area contributed by atoms with Crippen LogP contribution >= 0.6 is 0 Å². The Morgan fingerprint density at radius 1 is 1.28 bits per heavy atom. The van der Waals surface area contributed by atoms with Crippen LogP contribution in [0.4, 0.5) is 5.82 Å². The molecule has 0 aliphatic rings. The minimum Gasteiger partial charge on any atom is -0.308 e. The van der Waals surface area contributed by atoms with Gasteiger partial charge in [0.15, 0.2) is 5.82 Å². The molecule has 18 heavy (non-hydrogen) atoms. The molecule has 6 heteroatoms. The van der Waals surface area contributed by atoms with Crippen molar-refractivity contribution < 1.29 is 0 Å². The van der Waals surface area contributed by atoms with Crippen molar-refractivity contribution in [3.8, 4) is 11.5 Å².